The number of hydrogen-bond donors (Lipinski definition) is 1. The molecule has 128 valence electrons. The molecule has 0 aliphatic carbocycles. The van der Waals surface area contributed by atoms with Crippen molar-refractivity contribution in [1.29, 1.82) is 0 Å². The molecule has 4 heteroatoms. The second-order valence-corrected chi connectivity index (χ2v) is 7.50. The normalized spacial score (nSPS) is 19.7. The van der Waals surface area contributed by atoms with Crippen LogP contribution in [-0.4, -0.2) is 29.7 Å². The van der Waals surface area contributed by atoms with Crippen LogP contribution in [-0.2, 0) is 11.2 Å². The van der Waals surface area contributed by atoms with Crippen molar-refractivity contribution >= 4 is 6.09 Å². The molecule has 2 atom stereocenters. The highest BCUT2D eigenvalue weighted by atomic mass is 16.6. The van der Waals surface area contributed by atoms with Crippen molar-refractivity contribution in [2.45, 2.75) is 58.6 Å². The zero-order chi connectivity index (χ0) is 17.0. The Kier molecular flexibility index (Phi) is 5.69. The van der Waals surface area contributed by atoms with Crippen LogP contribution in [0.25, 0.3) is 0 Å². The lowest BCUT2D eigenvalue weighted by Crippen LogP contribution is -2.36. The molecule has 1 aliphatic rings. The summed E-state index contributed by atoms with van der Waals surface area (Å²) in [5.74, 6) is 0.291. The molecule has 1 fully saturated rings. The van der Waals surface area contributed by atoms with E-state index in [4.69, 9.17) is 10.5 Å². The first-order valence-electron chi connectivity index (χ1n) is 8.62. The number of carbonyl (C=O) groups excluding carboxylic acids is 1. The monoisotopic (exact) mass is 318 g/mol. The van der Waals surface area contributed by atoms with E-state index in [0.29, 0.717) is 12.5 Å². The molecule has 2 N–H and O–H groups in total. The molecular formula is C19H30N2O2. The molecule has 0 saturated carbocycles. The van der Waals surface area contributed by atoms with Crippen LogP contribution in [0.1, 0.15) is 57.7 Å². The van der Waals surface area contributed by atoms with Gasteiger partial charge in [-0.3, -0.25) is 0 Å². The summed E-state index contributed by atoms with van der Waals surface area (Å²) in [6.45, 7) is 9.26. The quantitative estimate of drug-likeness (QED) is 0.916. The van der Waals surface area contributed by atoms with Gasteiger partial charge in [-0.05, 0) is 50.7 Å². The van der Waals surface area contributed by atoms with E-state index in [9.17, 15) is 4.79 Å². The Labute approximate surface area is 140 Å². The Bertz CT molecular complexity index is 536. The molecule has 2 rings (SSSR count). The predicted molar refractivity (Wildman–Crippen MR) is 93.3 cm³/mol. The fourth-order valence-corrected chi connectivity index (χ4v) is 3.09. The van der Waals surface area contributed by atoms with Crippen molar-refractivity contribution in [3.05, 3.63) is 35.4 Å². The zero-order valence-electron chi connectivity index (χ0n) is 14.8. The number of ether oxygens (including phenoxy) is 1. The maximum absolute atomic E-state index is 12.2. The van der Waals surface area contributed by atoms with Gasteiger partial charge in [-0.1, -0.05) is 37.6 Å². The maximum atomic E-state index is 12.2. The number of nitrogens with zero attached hydrogens (tertiary/aromatic N) is 1. The van der Waals surface area contributed by atoms with E-state index >= 15 is 0 Å². The predicted octanol–water partition coefficient (Wildman–Crippen LogP) is 3.90. The third-order valence-electron chi connectivity index (χ3n) is 4.26. The van der Waals surface area contributed by atoms with E-state index in [-0.39, 0.29) is 12.1 Å². The molecule has 2 unspecified atom stereocenters. The minimum Gasteiger partial charge on any atom is -0.444 e. The van der Waals surface area contributed by atoms with Crippen LogP contribution in [0.3, 0.4) is 0 Å². The maximum Gasteiger partial charge on any atom is 0.410 e. The lowest BCUT2D eigenvalue weighted by molar-refractivity contribution is 0.0286. The van der Waals surface area contributed by atoms with Crippen LogP contribution < -0.4 is 5.73 Å². The second-order valence-electron chi connectivity index (χ2n) is 7.50. The van der Waals surface area contributed by atoms with Crippen LogP contribution in [0.4, 0.5) is 4.79 Å². The minimum atomic E-state index is -0.453. The van der Waals surface area contributed by atoms with Gasteiger partial charge in [-0.15, -0.1) is 0 Å². The number of nitrogens with two attached hydrogens (primary N) is 1. The summed E-state index contributed by atoms with van der Waals surface area (Å²) in [4.78, 5) is 14.0. The molecule has 0 radical (unpaired) electrons. The Hall–Kier alpha value is -1.55. The van der Waals surface area contributed by atoms with Gasteiger partial charge < -0.3 is 15.4 Å². The molecule has 1 amide bonds. The number of carbonyl (C=O) groups is 1. The molecule has 1 aliphatic heterocycles. The van der Waals surface area contributed by atoms with Gasteiger partial charge >= 0.3 is 6.09 Å². The van der Waals surface area contributed by atoms with Gasteiger partial charge in [-0.25, -0.2) is 4.79 Å². The molecule has 1 aromatic rings. The van der Waals surface area contributed by atoms with Crippen LogP contribution in [0, 0.1) is 5.92 Å². The van der Waals surface area contributed by atoms with Crippen LogP contribution >= 0.6 is 0 Å². The van der Waals surface area contributed by atoms with Crippen LogP contribution in [0.2, 0.25) is 0 Å². The minimum absolute atomic E-state index is 0.0285. The van der Waals surface area contributed by atoms with Gasteiger partial charge in [-0.2, -0.15) is 0 Å². The van der Waals surface area contributed by atoms with E-state index in [0.717, 1.165) is 25.8 Å². The van der Waals surface area contributed by atoms with Crippen LogP contribution in [0.15, 0.2) is 24.3 Å². The Morgan fingerprint density at radius 3 is 2.83 bits per heavy atom. The summed E-state index contributed by atoms with van der Waals surface area (Å²) in [5.41, 5.74) is 8.53. The number of hydrogen-bond acceptors (Lipinski definition) is 3. The van der Waals surface area contributed by atoms with Crippen molar-refractivity contribution in [3.8, 4) is 0 Å². The lowest BCUT2D eigenvalue weighted by atomic mass is 9.91. The topological polar surface area (TPSA) is 55.6 Å². The van der Waals surface area contributed by atoms with Gasteiger partial charge in [0.2, 0.25) is 0 Å². The first-order valence-corrected chi connectivity index (χ1v) is 8.62. The SMILES string of the molecule is CCCc1cccc(C(N)C2CCN(C(=O)OC(C)(C)C)C2)c1. The molecule has 4 nitrogen and oxygen atoms in total. The van der Waals surface area contributed by atoms with Gasteiger partial charge in [0, 0.05) is 19.1 Å². The molecular weight excluding hydrogens is 288 g/mol. The summed E-state index contributed by atoms with van der Waals surface area (Å²) in [6, 6.07) is 8.52. The van der Waals surface area contributed by atoms with Crippen molar-refractivity contribution in [3.63, 3.8) is 0 Å². The highest BCUT2D eigenvalue weighted by Gasteiger charge is 2.33. The van der Waals surface area contributed by atoms with Crippen molar-refractivity contribution in [2.24, 2.45) is 11.7 Å². The Morgan fingerprint density at radius 1 is 1.43 bits per heavy atom. The summed E-state index contributed by atoms with van der Waals surface area (Å²) >= 11 is 0. The average Bonchev–Trinajstić information content (AvgIpc) is 2.95. The number of likely N-dealkylation sites (tertiary alicyclic amines) is 1. The van der Waals surface area contributed by atoms with Gasteiger partial charge in [0.25, 0.3) is 0 Å². The molecule has 0 spiro atoms. The van der Waals surface area contributed by atoms with E-state index < -0.39 is 5.60 Å². The smallest absolute Gasteiger partial charge is 0.410 e. The van der Waals surface area contributed by atoms with E-state index in [1.165, 1.54) is 11.1 Å². The molecule has 23 heavy (non-hydrogen) atoms. The number of rotatable bonds is 4. The highest BCUT2D eigenvalue weighted by molar-refractivity contribution is 5.68. The Morgan fingerprint density at radius 2 is 2.17 bits per heavy atom. The number of aryl methyl sites for hydroxylation is 1. The largest absolute Gasteiger partial charge is 0.444 e. The molecule has 0 bridgehead atoms. The molecule has 1 saturated heterocycles. The zero-order valence-corrected chi connectivity index (χ0v) is 14.8. The fourth-order valence-electron chi connectivity index (χ4n) is 3.09. The molecule has 0 aromatic heterocycles. The van der Waals surface area contributed by atoms with E-state index in [1.54, 1.807) is 4.90 Å². The summed E-state index contributed by atoms with van der Waals surface area (Å²) in [6.07, 6.45) is 2.91. The molecule has 1 aromatic carbocycles. The number of benzene rings is 1. The third-order valence-corrected chi connectivity index (χ3v) is 4.26. The van der Waals surface area contributed by atoms with Crippen molar-refractivity contribution in [2.75, 3.05) is 13.1 Å². The lowest BCUT2D eigenvalue weighted by Gasteiger charge is -2.25. The first kappa shape index (κ1) is 17.8. The highest BCUT2D eigenvalue weighted by Crippen LogP contribution is 2.29. The van der Waals surface area contributed by atoms with Crippen molar-refractivity contribution < 1.29 is 9.53 Å². The summed E-state index contributed by atoms with van der Waals surface area (Å²) in [5, 5.41) is 0. The summed E-state index contributed by atoms with van der Waals surface area (Å²) < 4.78 is 5.45. The molecule has 1 heterocycles. The first-order chi connectivity index (χ1) is 10.8. The van der Waals surface area contributed by atoms with Crippen LogP contribution in [0.5, 0.6) is 0 Å². The average molecular weight is 318 g/mol. The third kappa shape index (κ3) is 4.96. The number of amides is 1. The summed E-state index contributed by atoms with van der Waals surface area (Å²) in [7, 11) is 0. The fraction of sp³-hybridized carbons (Fsp3) is 0.632. The standard InChI is InChI=1S/C19H30N2O2/c1-5-7-14-8-6-9-15(12-14)17(20)16-10-11-21(13-16)18(22)23-19(2,3)4/h6,8-9,12,16-17H,5,7,10-11,13,20H2,1-4H3. The van der Waals surface area contributed by atoms with E-state index in [2.05, 4.69) is 31.2 Å². The van der Waals surface area contributed by atoms with Gasteiger partial charge in [0.1, 0.15) is 5.60 Å². The van der Waals surface area contributed by atoms with E-state index in [1.807, 2.05) is 20.8 Å². The van der Waals surface area contributed by atoms with Gasteiger partial charge in [0.15, 0.2) is 0 Å². The van der Waals surface area contributed by atoms with Gasteiger partial charge in [0.05, 0.1) is 0 Å². The van der Waals surface area contributed by atoms with Crippen molar-refractivity contribution in [1.82, 2.24) is 4.90 Å². The second kappa shape index (κ2) is 7.35. The Balaban J connectivity index is 1.98.